The van der Waals surface area contributed by atoms with Gasteiger partial charge in [0, 0.05) is 41.8 Å². The Bertz CT molecular complexity index is 1160. The second kappa shape index (κ2) is 8.60. The molecule has 0 bridgehead atoms. The number of hydrogen-bond acceptors (Lipinski definition) is 5. The number of piperidine rings is 1. The van der Waals surface area contributed by atoms with Crippen LogP contribution in [-0.2, 0) is 11.3 Å². The van der Waals surface area contributed by atoms with Gasteiger partial charge in [-0.2, -0.15) is 0 Å². The quantitative estimate of drug-likeness (QED) is 0.620. The third-order valence-electron chi connectivity index (χ3n) is 6.20. The van der Waals surface area contributed by atoms with Gasteiger partial charge in [-0.25, -0.2) is 4.79 Å². The molecule has 2 atom stereocenters. The van der Waals surface area contributed by atoms with Gasteiger partial charge in [-0.15, -0.1) is 5.10 Å². The number of hydrogen-bond donors (Lipinski definition) is 1. The molecule has 32 heavy (non-hydrogen) atoms. The second-order valence-corrected chi connectivity index (χ2v) is 9.21. The van der Waals surface area contributed by atoms with Gasteiger partial charge < -0.3 is 14.5 Å². The number of H-pyrrole nitrogens is 1. The number of carbonyl (C=O) groups is 2. The van der Waals surface area contributed by atoms with Crippen LogP contribution < -0.4 is 0 Å². The zero-order valence-electron chi connectivity index (χ0n) is 17.1. The van der Waals surface area contributed by atoms with Crippen LogP contribution in [0, 0.1) is 11.8 Å². The molecule has 8 nitrogen and oxygen atoms in total. The fourth-order valence-electron chi connectivity index (χ4n) is 4.59. The van der Waals surface area contributed by atoms with Crippen LogP contribution in [0.5, 0.6) is 0 Å². The van der Waals surface area contributed by atoms with Crippen molar-refractivity contribution < 1.29 is 14.3 Å². The second-order valence-electron chi connectivity index (χ2n) is 8.34. The number of rotatable bonds is 3. The van der Waals surface area contributed by atoms with Crippen LogP contribution in [-0.4, -0.2) is 63.4 Å². The number of nitrogens with zero attached hydrogens (tertiary/aromatic N) is 4. The molecule has 2 saturated heterocycles. The third-order valence-corrected chi connectivity index (χ3v) is 6.64. The summed E-state index contributed by atoms with van der Waals surface area (Å²) in [6.07, 6.45) is 0.501. The molecule has 5 rings (SSSR count). The minimum Gasteiger partial charge on any atom is -0.445 e. The molecule has 2 aliphatic heterocycles. The molecular formula is C22H21Cl2N5O3. The number of aromatic amines is 1. The Balaban J connectivity index is 1.19. The predicted molar refractivity (Wildman–Crippen MR) is 120 cm³/mol. The molecule has 3 aromatic rings. The average molecular weight is 474 g/mol. The van der Waals surface area contributed by atoms with E-state index in [-0.39, 0.29) is 24.5 Å². The van der Waals surface area contributed by atoms with Crippen molar-refractivity contribution >= 4 is 46.2 Å². The van der Waals surface area contributed by atoms with Crippen LogP contribution in [0.4, 0.5) is 4.79 Å². The first kappa shape index (κ1) is 21.0. The number of amides is 2. The maximum atomic E-state index is 13.0. The summed E-state index contributed by atoms with van der Waals surface area (Å²) in [6, 6.07) is 10.4. The SMILES string of the molecule is O=C(OCc1cc(Cl)cc(Cl)c1)N1C[C@@H]2CCN(C(=O)c3ccc4[nH]nnc4c3)C[C@@H]2C1. The summed E-state index contributed by atoms with van der Waals surface area (Å²) < 4.78 is 5.48. The van der Waals surface area contributed by atoms with Crippen molar-refractivity contribution in [2.45, 2.75) is 13.0 Å². The van der Waals surface area contributed by atoms with Gasteiger partial charge in [-0.3, -0.25) is 9.89 Å². The summed E-state index contributed by atoms with van der Waals surface area (Å²) in [7, 11) is 0. The minimum absolute atomic E-state index is 0.0211. The van der Waals surface area contributed by atoms with E-state index in [0.717, 1.165) is 17.5 Å². The van der Waals surface area contributed by atoms with E-state index in [1.54, 1.807) is 35.2 Å². The molecule has 0 radical (unpaired) electrons. The lowest BCUT2D eigenvalue weighted by atomic mass is 9.88. The topological polar surface area (TPSA) is 91.4 Å². The number of ether oxygens (including phenoxy) is 1. The normalized spacial score (nSPS) is 20.4. The van der Waals surface area contributed by atoms with E-state index in [9.17, 15) is 9.59 Å². The Labute approximate surface area is 194 Å². The molecule has 166 valence electrons. The molecule has 10 heteroatoms. The summed E-state index contributed by atoms with van der Waals surface area (Å²) in [4.78, 5) is 29.2. The van der Waals surface area contributed by atoms with Crippen molar-refractivity contribution in [1.82, 2.24) is 25.2 Å². The minimum atomic E-state index is -0.357. The van der Waals surface area contributed by atoms with Crippen molar-refractivity contribution in [2.75, 3.05) is 26.2 Å². The van der Waals surface area contributed by atoms with E-state index in [2.05, 4.69) is 15.4 Å². The van der Waals surface area contributed by atoms with Crippen molar-refractivity contribution in [2.24, 2.45) is 11.8 Å². The summed E-state index contributed by atoms with van der Waals surface area (Å²) in [6.45, 7) is 2.62. The molecule has 2 amide bonds. The summed E-state index contributed by atoms with van der Waals surface area (Å²) >= 11 is 12.0. The Kier molecular flexibility index (Phi) is 5.65. The Hall–Kier alpha value is -2.84. The molecule has 0 aliphatic carbocycles. The highest BCUT2D eigenvalue weighted by Crippen LogP contribution is 2.32. The molecule has 1 N–H and O–H groups in total. The van der Waals surface area contributed by atoms with Crippen LogP contribution in [0.3, 0.4) is 0 Å². The first-order chi connectivity index (χ1) is 15.5. The molecule has 1 aromatic heterocycles. The Morgan fingerprint density at radius 3 is 2.59 bits per heavy atom. The number of aromatic nitrogens is 3. The number of likely N-dealkylation sites (tertiary alicyclic amines) is 2. The monoisotopic (exact) mass is 473 g/mol. The van der Waals surface area contributed by atoms with Crippen molar-refractivity contribution in [3.63, 3.8) is 0 Å². The molecule has 0 saturated carbocycles. The van der Waals surface area contributed by atoms with Gasteiger partial charge in [0.05, 0.1) is 5.52 Å². The lowest BCUT2D eigenvalue weighted by Crippen LogP contribution is -2.43. The van der Waals surface area contributed by atoms with E-state index in [4.69, 9.17) is 27.9 Å². The number of carbonyl (C=O) groups excluding carboxylic acids is 2. The highest BCUT2D eigenvalue weighted by Gasteiger charge is 2.40. The van der Waals surface area contributed by atoms with Gasteiger partial charge in [0.2, 0.25) is 0 Å². The molecule has 2 aromatic carbocycles. The van der Waals surface area contributed by atoms with Crippen LogP contribution in [0.1, 0.15) is 22.3 Å². The summed E-state index contributed by atoms with van der Waals surface area (Å²) in [5.74, 6) is 0.578. The number of fused-ring (bicyclic) bond motifs is 2. The van der Waals surface area contributed by atoms with Crippen LogP contribution in [0.25, 0.3) is 11.0 Å². The first-order valence-electron chi connectivity index (χ1n) is 10.4. The van der Waals surface area contributed by atoms with Gasteiger partial charge in [0.1, 0.15) is 12.1 Å². The van der Waals surface area contributed by atoms with Crippen LogP contribution >= 0.6 is 23.2 Å². The zero-order chi connectivity index (χ0) is 22.2. The zero-order valence-corrected chi connectivity index (χ0v) is 18.6. The Morgan fingerprint density at radius 1 is 1.03 bits per heavy atom. The Morgan fingerprint density at radius 2 is 1.78 bits per heavy atom. The largest absolute Gasteiger partial charge is 0.445 e. The van der Waals surface area contributed by atoms with Gasteiger partial charge in [-0.1, -0.05) is 28.4 Å². The molecular weight excluding hydrogens is 453 g/mol. The standard InChI is InChI=1S/C22H21Cl2N5O3/c23-17-5-13(6-18(24)8-17)12-32-22(31)29-9-15-3-4-28(10-16(15)11-29)21(30)14-1-2-19-20(7-14)26-27-25-19/h1-2,5-8,15-16H,3-4,9-12H2,(H,25,26,27)/t15-,16+/m0/s1. The van der Waals surface area contributed by atoms with E-state index in [0.29, 0.717) is 53.2 Å². The summed E-state index contributed by atoms with van der Waals surface area (Å²) in [5.41, 5.74) is 2.80. The third kappa shape index (κ3) is 4.25. The highest BCUT2D eigenvalue weighted by molar-refractivity contribution is 6.34. The van der Waals surface area contributed by atoms with E-state index < -0.39 is 0 Å². The van der Waals surface area contributed by atoms with E-state index in [1.807, 2.05) is 11.0 Å². The van der Waals surface area contributed by atoms with E-state index >= 15 is 0 Å². The molecule has 0 unspecified atom stereocenters. The van der Waals surface area contributed by atoms with Gasteiger partial charge >= 0.3 is 6.09 Å². The fourth-order valence-corrected chi connectivity index (χ4v) is 5.16. The number of benzene rings is 2. The first-order valence-corrected chi connectivity index (χ1v) is 11.2. The lowest BCUT2D eigenvalue weighted by Gasteiger charge is -2.34. The lowest BCUT2D eigenvalue weighted by molar-refractivity contribution is 0.0642. The van der Waals surface area contributed by atoms with Gasteiger partial charge in [0.15, 0.2) is 0 Å². The fraction of sp³-hybridized carbons (Fsp3) is 0.364. The van der Waals surface area contributed by atoms with Crippen LogP contribution in [0.2, 0.25) is 10.0 Å². The maximum absolute atomic E-state index is 13.0. The molecule has 2 aliphatic rings. The molecule has 3 heterocycles. The number of nitrogens with one attached hydrogen (secondary N) is 1. The molecule has 0 spiro atoms. The van der Waals surface area contributed by atoms with Crippen molar-refractivity contribution in [3.05, 3.63) is 57.6 Å². The predicted octanol–water partition coefficient (Wildman–Crippen LogP) is 4.00. The van der Waals surface area contributed by atoms with Gasteiger partial charge in [-0.05, 0) is 60.2 Å². The molecule has 2 fully saturated rings. The average Bonchev–Trinajstić information content (AvgIpc) is 3.42. The smallest absolute Gasteiger partial charge is 0.410 e. The highest BCUT2D eigenvalue weighted by atomic mass is 35.5. The maximum Gasteiger partial charge on any atom is 0.410 e. The van der Waals surface area contributed by atoms with Crippen molar-refractivity contribution in [3.8, 4) is 0 Å². The van der Waals surface area contributed by atoms with Crippen molar-refractivity contribution in [1.29, 1.82) is 0 Å². The van der Waals surface area contributed by atoms with E-state index in [1.165, 1.54) is 0 Å². The number of halogens is 2. The van der Waals surface area contributed by atoms with Crippen LogP contribution in [0.15, 0.2) is 36.4 Å². The van der Waals surface area contributed by atoms with Gasteiger partial charge in [0.25, 0.3) is 5.91 Å². The summed E-state index contributed by atoms with van der Waals surface area (Å²) in [5, 5.41) is 11.5.